The summed E-state index contributed by atoms with van der Waals surface area (Å²) in [5, 5.41) is 12.2. The molecule has 2 rings (SSSR count). The molecule has 1 fully saturated rings. The minimum atomic E-state index is -0.773. The van der Waals surface area contributed by atoms with Gasteiger partial charge in [-0.25, -0.2) is 0 Å². The monoisotopic (exact) mass is 206 g/mol. The van der Waals surface area contributed by atoms with E-state index >= 15 is 0 Å². The summed E-state index contributed by atoms with van der Waals surface area (Å²) in [6.07, 6.45) is 5.82. The Labute approximate surface area is 88.3 Å². The number of pyridine rings is 1. The van der Waals surface area contributed by atoms with Crippen LogP contribution in [0.4, 0.5) is 0 Å². The zero-order valence-corrected chi connectivity index (χ0v) is 8.39. The van der Waals surface area contributed by atoms with E-state index in [1.54, 1.807) is 12.4 Å². The molecule has 1 aliphatic rings. The first-order chi connectivity index (χ1) is 7.25. The summed E-state index contributed by atoms with van der Waals surface area (Å²) >= 11 is 0. The van der Waals surface area contributed by atoms with Crippen molar-refractivity contribution < 1.29 is 9.90 Å². The summed E-state index contributed by atoms with van der Waals surface area (Å²) < 4.78 is 0. The fraction of sp³-hybridized carbons (Fsp3) is 0.455. The highest BCUT2D eigenvalue weighted by Gasteiger charge is 2.26. The van der Waals surface area contributed by atoms with Crippen molar-refractivity contribution in [1.82, 2.24) is 10.3 Å². The van der Waals surface area contributed by atoms with Crippen molar-refractivity contribution in [2.45, 2.75) is 31.3 Å². The Bertz CT molecular complexity index is 336. The van der Waals surface area contributed by atoms with Gasteiger partial charge in [-0.05, 0) is 30.5 Å². The number of carboxylic acid groups (broad SMARTS) is 1. The quantitative estimate of drug-likeness (QED) is 0.763. The van der Waals surface area contributed by atoms with Crippen LogP contribution < -0.4 is 5.32 Å². The van der Waals surface area contributed by atoms with Gasteiger partial charge in [-0.3, -0.25) is 9.78 Å². The third kappa shape index (κ3) is 3.02. The second kappa shape index (κ2) is 4.40. The van der Waals surface area contributed by atoms with E-state index in [4.69, 9.17) is 5.11 Å². The van der Waals surface area contributed by atoms with E-state index < -0.39 is 5.97 Å². The molecule has 15 heavy (non-hydrogen) atoms. The lowest BCUT2D eigenvalue weighted by atomic mass is 10.1. The van der Waals surface area contributed by atoms with Gasteiger partial charge in [0.15, 0.2) is 0 Å². The van der Waals surface area contributed by atoms with Crippen LogP contribution >= 0.6 is 0 Å². The smallest absolute Gasteiger partial charge is 0.305 e. The normalized spacial score (nSPS) is 17.3. The molecule has 4 nitrogen and oxygen atoms in total. The van der Waals surface area contributed by atoms with Crippen LogP contribution in [0.25, 0.3) is 0 Å². The van der Waals surface area contributed by atoms with Gasteiger partial charge in [-0.1, -0.05) is 0 Å². The van der Waals surface area contributed by atoms with Crippen molar-refractivity contribution in [2.75, 3.05) is 0 Å². The van der Waals surface area contributed by atoms with E-state index in [1.807, 2.05) is 12.1 Å². The van der Waals surface area contributed by atoms with Gasteiger partial charge in [0.2, 0.25) is 0 Å². The second-order valence-corrected chi connectivity index (χ2v) is 3.87. The molecule has 4 heteroatoms. The van der Waals surface area contributed by atoms with Crippen LogP contribution in [-0.2, 0) is 4.79 Å². The van der Waals surface area contributed by atoms with Crippen LogP contribution in [0.2, 0.25) is 0 Å². The van der Waals surface area contributed by atoms with Crippen LogP contribution in [0, 0.1) is 0 Å². The van der Waals surface area contributed by atoms with Crippen LogP contribution in [0.5, 0.6) is 0 Å². The lowest BCUT2D eigenvalue weighted by Gasteiger charge is -2.16. The Morgan fingerprint density at radius 2 is 2.20 bits per heavy atom. The first-order valence-electron chi connectivity index (χ1n) is 5.13. The van der Waals surface area contributed by atoms with Crippen molar-refractivity contribution in [3.8, 4) is 0 Å². The van der Waals surface area contributed by atoms with Crippen LogP contribution in [0.3, 0.4) is 0 Å². The van der Waals surface area contributed by atoms with E-state index in [0.29, 0.717) is 6.04 Å². The lowest BCUT2D eigenvalue weighted by Crippen LogP contribution is -2.25. The van der Waals surface area contributed by atoms with Crippen LogP contribution in [-0.4, -0.2) is 22.1 Å². The van der Waals surface area contributed by atoms with Crippen LogP contribution in [0.1, 0.15) is 30.9 Å². The summed E-state index contributed by atoms with van der Waals surface area (Å²) in [6, 6.07) is 4.15. The largest absolute Gasteiger partial charge is 0.481 e. The van der Waals surface area contributed by atoms with Gasteiger partial charge >= 0.3 is 5.97 Å². The molecule has 0 spiro atoms. The van der Waals surface area contributed by atoms with E-state index in [-0.39, 0.29) is 12.5 Å². The van der Waals surface area contributed by atoms with E-state index in [1.165, 1.54) is 0 Å². The highest BCUT2D eigenvalue weighted by atomic mass is 16.4. The van der Waals surface area contributed by atoms with Crippen molar-refractivity contribution in [2.24, 2.45) is 0 Å². The molecular formula is C11H14N2O2. The van der Waals surface area contributed by atoms with E-state index in [9.17, 15) is 4.79 Å². The Balaban J connectivity index is 2.06. The molecule has 0 radical (unpaired) electrons. The van der Waals surface area contributed by atoms with Gasteiger partial charge in [0.1, 0.15) is 0 Å². The average Bonchev–Trinajstić information content (AvgIpc) is 3.01. The molecule has 0 bridgehead atoms. The molecule has 1 aromatic rings. The molecular weight excluding hydrogens is 192 g/mol. The molecule has 1 atom stereocenters. The van der Waals surface area contributed by atoms with Crippen molar-refractivity contribution in [3.05, 3.63) is 30.1 Å². The maximum Gasteiger partial charge on any atom is 0.305 e. The third-order valence-electron chi connectivity index (χ3n) is 2.50. The first-order valence-corrected chi connectivity index (χ1v) is 5.13. The Kier molecular flexibility index (Phi) is 2.97. The first kappa shape index (κ1) is 10.1. The van der Waals surface area contributed by atoms with Gasteiger partial charge in [0.25, 0.3) is 0 Å². The maximum atomic E-state index is 10.7. The predicted octanol–water partition coefficient (Wildman–Crippen LogP) is 1.35. The van der Waals surface area contributed by atoms with Gasteiger partial charge in [0, 0.05) is 24.5 Å². The number of carbonyl (C=O) groups is 1. The number of carboxylic acids is 1. The second-order valence-electron chi connectivity index (χ2n) is 3.87. The zero-order chi connectivity index (χ0) is 10.7. The number of hydrogen-bond donors (Lipinski definition) is 2. The molecule has 0 saturated heterocycles. The van der Waals surface area contributed by atoms with Crippen LogP contribution in [0.15, 0.2) is 24.5 Å². The highest BCUT2D eigenvalue weighted by Crippen LogP contribution is 2.25. The molecule has 2 N–H and O–H groups in total. The zero-order valence-electron chi connectivity index (χ0n) is 8.39. The van der Waals surface area contributed by atoms with Gasteiger partial charge in [0.05, 0.1) is 6.42 Å². The molecule has 0 amide bonds. The minimum Gasteiger partial charge on any atom is -0.481 e. The van der Waals surface area contributed by atoms with Crippen molar-refractivity contribution >= 4 is 5.97 Å². The third-order valence-corrected chi connectivity index (χ3v) is 2.50. The van der Waals surface area contributed by atoms with E-state index in [0.717, 1.165) is 18.4 Å². The minimum absolute atomic E-state index is 0.0852. The molecule has 80 valence electrons. The SMILES string of the molecule is O=C(O)CC(NC1CC1)c1ccncc1. The number of nitrogens with one attached hydrogen (secondary N) is 1. The number of hydrogen-bond acceptors (Lipinski definition) is 3. The Morgan fingerprint density at radius 3 is 2.73 bits per heavy atom. The Hall–Kier alpha value is -1.42. The fourth-order valence-corrected chi connectivity index (χ4v) is 1.58. The molecule has 1 saturated carbocycles. The summed E-state index contributed by atoms with van der Waals surface area (Å²) in [7, 11) is 0. The number of rotatable bonds is 5. The maximum absolute atomic E-state index is 10.7. The predicted molar refractivity (Wildman–Crippen MR) is 55.4 cm³/mol. The number of aliphatic carboxylic acids is 1. The number of aromatic nitrogens is 1. The highest BCUT2D eigenvalue weighted by molar-refractivity contribution is 5.67. The summed E-state index contributed by atoms with van der Waals surface area (Å²) in [5.74, 6) is -0.773. The van der Waals surface area contributed by atoms with Crippen molar-refractivity contribution in [1.29, 1.82) is 0 Å². The fourth-order valence-electron chi connectivity index (χ4n) is 1.58. The molecule has 1 aliphatic carbocycles. The van der Waals surface area contributed by atoms with Crippen molar-refractivity contribution in [3.63, 3.8) is 0 Å². The topological polar surface area (TPSA) is 62.2 Å². The molecule has 0 aliphatic heterocycles. The average molecular weight is 206 g/mol. The van der Waals surface area contributed by atoms with E-state index in [2.05, 4.69) is 10.3 Å². The Morgan fingerprint density at radius 1 is 1.53 bits per heavy atom. The molecule has 1 unspecified atom stereocenters. The summed E-state index contributed by atoms with van der Waals surface area (Å²) in [4.78, 5) is 14.7. The summed E-state index contributed by atoms with van der Waals surface area (Å²) in [6.45, 7) is 0. The van der Waals surface area contributed by atoms with Gasteiger partial charge in [-0.2, -0.15) is 0 Å². The molecule has 1 aromatic heterocycles. The molecule has 1 heterocycles. The van der Waals surface area contributed by atoms with Gasteiger partial charge < -0.3 is 10.4 Å². The lowest BCUT2D eigenvalue weighted by molar-refractivity contribution is -0.137. The standard InChI is InChI=1S/C11H14N2O2/c14-11(15)7-10(13-9-1-2-9)8-3-5-12-6-4-8/h3-6,9-10,13H,1-2,7H2,(H,14,15). The molecule has 0 aromatic carbocycles. The summed E-state index contributed by atoms with van der Waals surface area (Å²) in [5.41, 5.74) is 0.999. The number of nitrogens with zero attached hydrogens (tertiary/aromatic N) is 1. The van der Waals surface area contributed by atoms with Gasteiger partial charge in [-0.15, -0.1) is 0 Å².